The van der Waals surface area contributed by atoms with Gasteiger partial charge in [0.1, 0.15) is 11.8 Å². The van der Waals surface area contributed by atoms with E-state index in [0.717, 1.165) is 24.2 Å². The van der Waals surface area contributed by atoms with Crippen molar-refractivity contribution in [2.75, 3.05) is 13.7 Å². The second-order valence-electron chi connectivity index (χ2n) is 6.35. The zero-order valence-corrected chi connectivity index (χ0v) is 15.5. The van der Waals surface area contributed by atoms with Crippen LogP contribution in [0.2, 0.25) is 5.02 Å². The van der Waals surface area contributed by atoms with Gasteiger partial charge >= 0.3 is 0 Å². The molecule has 138 valence electrons. The molecule has 1 atom stereocenters. The first-order valence-corrected chi connectivity index (χ1v) is 9.08. The topological polar surface area (TPSA) is 68.5 Å². The molecule has 0 radical (unpaired) electrons. The first-order valence-electron chi connectivity index (χ1n) is 8.70. The van der Waals surface area contributed by atoms with Crippen LogP contribution < -0.4 is 4.74 Å². The molecule has 1 fully saturated rings. The first kappa shape index (κ1) is 17.5. The van der Waals surface area contributed by atoms with Crippen LogP contribution in [0.25, 0.3) is 11.4 Å². The van der Waals surface area contributed by atoms with Crippen LogP contribution in [0.3, 0.4) is 0 Å². The second kappa shape index (κ2) is 7.40. The van der Waals surface area contributed by atoms with Gasteiger partial charge in [0.05, 0.1) is 7.11 Å². The van der Waals surface area contributed by atoms with Gasteiger partial charge in [0.25, 0.3) is 5.91 Å². The number of aromatic nitrogens is 2. The molecule has 1 aromatic heterocycles. The number of carbonyl (C=O) groups is 1. The van der Waals surface area contributed by atoms with E-state index in [9.17, 15) is 4.79 Å². The molecule has 0 bridgehead atoms. The van der Waals surface area contributed by atoms with Crippen LogP contribution in [0.5, 0.6) is 5.75 Å². The summed E-state index contributed by atoms with van der Waals surface area (Å²) in [6, 6.07) is 14.1. The Bertz CT molecular complexity index is 955. The van der Waals surface area contributed by atoms with Gasteiger partial charge in [0.15, 0.2) is 0 Å². The lowest BCUT2D eigenvalue weighted by Gasteiger charge is -2.21. The van der Waals surface area contributed by atoms with Crippen molar-refractivity contribution in [3.8, 4) is 17.1 Å². The summed E-state index contributed by atoms with van der Waals surface area (Å²) in [5, 5.41) is 4.69. The van der Waals surface area contributed by atoms with Crippen LogP contribution in [0.4, 0.5) is 0 Å². The number of ether oxygens (including phenoxy) is 1. The third kappa shape index (κ3) is 3.53. The Morgan fingerprint density at radius 1 is 1.26 bits per heavy atom. The SMILES string of the molecule is COc1cccc(-c2noc(C3CCCN3C(=O)c3ccc(Cl)cc3)n2)c1. The molecule has 0 N–H and O–H groups in total. The van der Waals surface area contributed by atoms with E-state index in [1.54, 1.807) is 36.3 Å². The van der Waals surface area contributed by atoms with Gasteiger partial charge in [0, 0.05) is 22.7 Å². The molecule has 0 spiro atoms. The van der Waals surface area contributed by atoms with Crippen molar-refractivity contribution in [3.63, 3.8) is 0 Å². The summed E-state index contributed by atoms with van der Waals surface area (Å²) in [5.41, 5.74) is 1.40. The van der Waals surface area contributed by atoms with E-state index in [0.29, 0.717) is 28.8 Å². The fourth-order valence-corrected chi connectivity index (χ4v) is 3.40. The summed E-state index contributed by atoms with van der Waals surface area (Å²) in [6.07, 6.45) is 1.68. The van der Waals surface area contributed by atoms with Gasteiger partial charge < -0.3 is 14.2 Å². The summed E-state index contributed by atoms with van der Waals surface area (Å²) < 4.78 is 10.7. The van der Waals surface area contributed by atoms with Crippen LogP contribution in [0.15, 0.2) is 53.1 Å². The summed E-state index contributed by atoms with van der Waals surface area (Å²) in [5.74, 6) is 1.59. The fourth-order valence-electron chi connectivity index (χ4n) is 3.27. The zero-order chi connectivity index (χ0) is 18.8. The van der Waals surface area contributed by atoms with Gasteiger partial charge in [0.2, 0.25) is 11.7 Å². The van der Waals surface area contributed by atoms with Gasteiger partial charge in [-0.05, 0) is 49.2 Å². The Morgan fingerprint density at radius 3 is 2.85 bits per heavy atom. The quantitative estimate of drug-likeness (QED) is 0.668. The van der Waals surface area contributed by atoms with Gasteiger partial charge in [-0.3, -0.25) is 4.79 Å². The number of carbonyl (C=O) groups excluding carboxylic acids is 1. The molecule has 1 unspecified atom stereocenters. The lowest BCUT2D eigenvalue weighted by molar-refractivity contribution is 0.0710. The van der Waals surface area contributed by atoms with E-state index < -0.39 is 0 Å². The predicted octanol–water partition coefficient (Wildman–Crippen LogP) is 4.38. The zero-order valence-electron chi connectivity index (χ0n) is 14.8. The minimum absolute atomic E-state index is 0.0599. The number of hydrogen-bond donors (Lipinski definition) is 0. The summed E-state index contributed by atoms with van der Waals surface area (Å²) >= 11 is 5.92. The Labute approximate surface area is 161 Å². The third-order valence-corrected chi connectivity index (χ3v) is 4.91. The van der Waals surface area contributed by atoms with Crippen molar-refractivity contribution >= 4 is 17.5 Å². The number of nitrogens with zero attached hydrogens (tertiary/aromatic N) is 3. The van der Waals surface area contributed by atoms with Crippen LogP contribution >= 0.6 is 11.6 Å². The molecule has 0 aliphatic carbocycles. The molecule has 1 saturated heterocycles. The number of amides is 1. The lowest BCUT2D eigenvalue weighted by Crippen LogP contribution is -2.30. The highest BCUT2D eigenvalue weighted by Crippen LogP contribution is 2.33. The molecular formula is C20H18ClN3O3. The molecule has 4 rings (SSSR count). The summed E-state index contributed by atoms with van der Waals surface area (Å²) in [4.78, 5) is 19.2. The van der Waals surface area contributed by atoms with E-state index in [2.05, 4.69) is 10.1 Å². The highest BCUT2D eigenvalue weighted by molar-refractivity contribution is 6.30. The largest absolute Gasteiger partial charge is 0.497 e. The van der Waals surface area contributed by atoms with Gasteiger partial charge in [-0.2, -0.15) is 4.98 Å². The van der Waals surface area contributed by atoms with Crippen molar-refractivity contribution in [1.29, 1.82) is 0 Å². The Morgan fingerprint density at radius 2 is 2.07 bits per heavy atom. The van der Waals surface area contributed by atoms with Crippen molar-refractivity contribution in [3.05, 3.63) is 65.0 Å². The van der Waals surface area contributed by atoms with E-state index in [-0.39, 0.29) is 11.9 Å². The normalized spacial score (nSPS) is 16.5. The first-order chi connectivity index (χ1) is 13.2. The molecule has 1 aliphatic rings. The van der Waals surface area contributed by atoms with Crippen LogP contribution in [-0.4, -0.2) is 34.6 Å². The van der Waals surface area contributed by atoms with Crippen molar-refractivity contribution in [2.24, 2.45) is 0 Å². The molecule has 1 amide bonds. The van der Waals surface area contributed by atoms with E-state index in [4.69, 9.17) is 20.9 Å². The number of methoxy groups -OCH3 is 1. The molecule has 2 heterocycles. The highest BCUT2D eigenvalue weighted by atomic mass is 35.5. The third-order valence-electron chi connectivity index (χ3n) is 4.66. The fraction of sp³-hybridized carbons (Fsp3) is 0.250. The Hall–Kier alpha value is -2.86. The maximum atomic E-state index is 12.9. The Balaban J connectivity index is 1.58. The van der Waals surface area contributed by atoms with Gasteiger partial charge in [-0.25, -0.2) is 0 Å². The number of halogens is 1. The van der Waals surface area contributed by atoms with Crippen LogP contribution in [0.1, 0.15) is 35.1 Å². The van der Waals surface area contributed by atoms with E-state index in [1.165, 1.54) is 0 Å². The van der Waals surface area contributed by atoms with Crippen LogP contribution in [0, 0.1) is 0 Å². The molecule has 27 heavy (non-hydrogen) atoms. The minimum atomic E-state index is -0.222. The summed E-state index contributed by atoms with van der Waals surface area (Å²) in [6.45, 7) is 0.656. The number of likely N-dealkylation sites (tertiary alicyclic amines) is 1. The average molecular weight is 384 g/mol. The molecule has 2 aromatic carbocycles. The van der Waals surface area contributed by atoms with E-state index >= 15 is 0 Å². The van der Waals surface area contributed by atoms with Crippen molar-refractivity contribution in [1.82, 2.24) is 15.0 Å². The van der Waals surface area contributed by atoms with Crippen molar-refractivity contribution < 1.29 is 14.1 Å². The molecule has 6 nitrogen and oxygen atoms in total. The monoisotopic (exact) mass is 383 g/mol. The molecular weight excluding hydrogens is 366 g/mol. The predicted molar refractivity (Wildman–Crippen MR) is 101 cm³/mol. The Kier molecular flexibility index (Phi) is 4.81. The summed E-state index contributed by atoms with van der Waals surface area (Å²) in [7, 11) is 1.61. The maximum absolute atomic E-state index is 12.9. The molecule has 3 aromatic rings. The smallest absolute Gasteiger partial charge is 0.254 e. The molecule has 1 aliphatic heterocycles. The van der Waals surface area contributed by atoms with Crippen LogP contribution in [-0.2, 0) is 0 Å². The number of hydrogen-bond acceptors (Lipinski definition) is 5. The highest BCUT2D eigenvalue weighted by Gasteiger charge is 2.34. The standard InChI is InChI=1S/C20H18ClN3O3/c1-26-16-5-2-4-14(12-16)18-22-19(27-23-18)17-6-3-11-24(17)20(25)13-7-9-15(21)10-8-13/h2,4-5,7-10,12,17H,3,6,11H2,1H3. The number of benzene rings is 2. The van der Waals surface area contributed by atoms with Gasteiger partial charge in [-0.1, -0.05) is 28.9 Å². The number of rotatable bonds is 4. The van der Waals surface area contributed by atoms with Gasteiger partial charge in [-0.15, -0.1) is 0 Å². The lowest BCUT2D eigenvalue weighted by atomic mass is 10.1. The van der Waals surface area contributed by atoms with Crippen molar-refractivity contribution in [2.45, 2.75) is 18.9 Å². The molecule has 0 saturated carbocycles. The average Bonchev–Trinajstić information content (AvgIpc) is 3.37. The minimum Gasteiger partial charge on any atom is -0.497 e. The van der Waals surface area contributed by atoms with E-state index in [1.807, 2.05) is 24.3 Å². The second-order valence-corrected chi connectivity index (χ2v) is 6.79. The molecule has 7 heteroatoms. The maximum Gasteiger partial charge on any atom is 0.254 e.